The van der Waals surface area contributed by atoms with Gasteiger partial charge in [0, 0.05) is 36.1 Å². The first-order valence-electron chi connectivity index (χ1n) is 14.2. The van der Waals surface area contributed by atoms with Crippen molar-refractivity contribution in [1.29, 1.82) is 0 Å². The Morgan fingerprint density at radius 3 is 2.31 bits per heavy atom. The molecule has 20 nitrogen and oxygen atoms in total. The minimum atomic E-state index is -1.40. The maximum atomic E-state index is 12.7. The van der Waals surface area contributed by atoms with Crippen molar-refractivity contribution in [3.63, 3.8) is 0 Å². The van der Waals surface area contributed by atoms with Crippen LogP contribution in [0.4, 0.5) is 22.2 Å². The summed E-state index contributed by atoms with van der Waals surface area (Å²) in [6.07, 6.45) is -0.103. The molecule has 3 rings (SSSR count). The quantitative estimate of drug-likeness (QED) is 0.0499. The fourth-order valence-electron chi connectivity index (χ4n) is 3.76. The zero-order chi connectivity index (χ0) is 35.9. The van der Waals surface area contributed by atoms with Gasteiger partial charge in [0.1, 0.15) is 18.7 Å². The number of amides is 4. The lowest BCUT2D eigenvalue weighted by molar-refractivity contribution is -0.141. The van der Waals surface area contributed by atoms with Gasteiger partial charge in [-0.2, -0.15) is 9.97 Å². The number of hydrogen-bond acceptors (Lipinski definition) is 16. The summed E-state index contributed by atoms with van der Waals surface area (Å²) < 4.78 is 4.89. The lowest BCUT2D eigenvalue weighted by Crippen LogP contribution is -2.44. The molecular weight excluding hydrogens is 686 g/mol. The molecule has 3 aromatic rings. The Labute approximate surface area is 285 Å². The van der Waals surface area contributed by atoms with E-state index in [0.29, 0.717) is 22.7 Å². The highest BCUT2D eigenvalue weighted by molar-refractivity contribution is 8.76. The van der Waals surface area contributed by atoms with Gasteiger partial charge in [0.2, 0.25) is 17.8 Å². The summed E-state index contributed by atoms with van der Waals surface area (Å²) in [7, 11) is 2.38. The van der Waals surface area contributed by atoms with Crippen LogP contribution in [0.3, 0.4) is 0 Å². The van der Waals surface area contributed by atoms with E-state index in [1.54, 1.807) is 12.1 Å². The third-order valence-electron chi connectivity index (χ3n) is 6.08. The van der Waals surface area contributed by atoms with E-state index in [0.717, 1.165) is 10.8 Å². The molecule has 0 bridgehead atoms. The smallest absolute Gasteiger partial charge is 0.426 e. The monoisotopic (exact) mass is 719 g/mol. The predicted molar refractivity (Wildman–Crippen MR) is 179 cm³/mol. The van der Waals surface area contributed by atoms with Gasteiger partial charge in [0.25, 0.3) is 5.91 Å². The molecule has 0 spiro atoms. The average molecular weight is 720 g/mol. The molecule has 0 aliphatic rings. The highest BCUT2D eigenvalue weighted by Gasteiger charge is 2.22. The van der Waals surface area contributed by atoms with E-state index in [1.165, 1.54) is 36.0 Å². The standard InChI is InChI=1S/C27H33N11O9S2/c1-13(39)32-18(25(44)45)12-49-48-9-8-47-27(46)38-37-19(40)7-6-17(24(42)43)34-23(41)14-2-4-15(5-3-14)30-10-16-11-31-22-20(33-16)21(28)35-26(29)36-22/h2-5,11,17-18,30H,6-10,12H2,1H3,(H,32,39)(H,34,41)(H,37,40)(H,38,46)(H,42,43)(H,44,45)(H4,28,29,31,35,36)/t17-,18-/m0/s1. The van der Waals surface area contributed by atoms with Crippen LogP contribution in [-0.4, -0.2) is 96.1 Å². The minimum absolute atomic E-state index is 0.0140. The van der Waals surface area contributed by atoms with Crippen LogP contribution in [0.25, 0.3) is 11.2 Å². The first-order chi connectivity index (χ1) is 23.3. The van der Waals surface area contributed by atoms with Crippen molar-refractivity contribution in [2.75, 3.05) is 34.9 Å². The molecule has 0 saturated heterocycles. The Balaban J connectivity index is 1.35. The minimum Gasteiger partial charge on any atom is -0.480 e. The second kappa shape index (κ2) is 18.6. The molecule has 2 atom stereocenters. The number of rotatable bonds is 17. The molecule has 4 amide bonds. The van der Waals surface area contributed by atoms with Gasteiger partial charge in [0.15, 0.2) is 17.0 Å². The number of aliphatic carboxylic acids is 2. The van der Waals surface area contributed by atoms with E-state index < -0.39 is 47.8 Å². The number of nitrogens with zero attached hydrogens (tertiary/aromatic N) is 4. The molecule has 0 aliphatic heterocycles. The molecule has 11 N–H and O–H groups in total. The average Bonchev–Trinajstić information content (AvgIpc) is 3.05. The van der Waals surface area contributed by atoms with Crippen LogP contribution in [0.5, 0.6) is 0 Å². The molecule has 22 heteroatoms. The Kier molecular flexibility index (Phi) is 14.4. The highest BCUT2D eigenvalue weighted by Crippen LogP contribution is 2.22. The third-order valence-corrected chi connectivity index (χ3v) is 8.46. The fraction of sp³-hybridized carbons (Fsp3) is 0.333. The SMILES string of the molecule is CC(=O)N[C@@H](CSSCCOC(=O)NNC(=O)CC[C@H](NC(=O)c1ccc(NCc2cnc3nc(N)nc(N)c3n2)cc1)C(=O)O)C(=O)O. The van der Waals surface area contributed by atoms with E-state index in [-0.39, 0.29) is 54.7 Å². The zero-order valence-electron chi connectivity index (χ0n) is 25.8. The maximum absolute atomic E-state index is 12.7. The summed E-state index contributed by atoms with van der Waals surface area (Å²) in [5.41, 5.74) is 17.4. The molecule has 0 aliphatic carbocycles. The van der Waals surface area contributed by atoms with Crippen LogP contribution in [0.1, 0.15) is 35.8 Å². The fourth-order valence-corrected chi connectivity index (χ4v) is 5.74. The summed E-state index contributed by atoms with van der Waals surface area (Å²) in [4.78, 5) is 86.9. The number of carboxylic acids is 2. The lowest BCUT2D eigenvalue weighted by atomic mass is 10.1. The molecule has 0 saturated carbocycles. The van der Waals surface area contributed by atoms with Gasteiger partial charge in [-0.3, -0.25) is 19.8 Å². The Morgan fingerprint density at radius 1 is 0.918 bits per heavy atom. The van der Waals surface area contributed by atoms with Crippen LogP contribution < -0.4 is 38.3 Å². The van der Waals surface area contributed by atoms with Gasteiger partial charge in [-0.05, 0) is 30.7 Å². The second-order valence-corrected chi connectivity index (χ2v) is 12.5. The van der Waals surface area contributed by atoms with Gasteiger partial charge >= 0.3 is 18.0 Å². The van der Waals surface area contributed by atoms with Crippen molar-refractivity contribution in [3.8, 4) is 0 Å². The molecule has 1 aromatic carbocycles. The number of carbonyl (C=O) groups excluding carboxylic acids is 4. The summed E-state index contributed by atoms with van der Waals surface area (Å²) in [6.45, 7) is 1.40. The topological polar surface area (TPSA) is 316 Å². The summed E-state index contributed by atoms with van der Waals surface area (Å²) in [5, 5.41) is 26.4. The number of hydrazine groups is 1. The van der Waals surface area contributed by atoms with Crippen LogP contribution in [-0.2, 0) is 30.5 Å². The van der Waals surface area contributed by atoms with E-state index in [9.17, 15) is 33.9 Å². The predicted octanol–water partition coefficient (Wildman–Crippen LogP) is -0.112. The summed E-state index contributed by atoms with van der Waals surface area (Å²) in [6, 6.07) is 3.72. The van der Waals surface area contributed by atoms with E-state index in [1.807, 2.05) is 5.43 Å². The van der Waals surface area contributed by atoms with Crippen LogP contribution in [0, 0.1) is 0 Å². The van der Waals surface area contributed by atoms with Gasteiger partial charge in [-0.1, -0.05) is 21.6 Å². The zero-order valence-corrected chi connectivity index (χ0v) is 27.4. The normalized spacial score (nSPS) is 11.9. The van der Waals surface area contributed by atoms with E-state index in [4.69, 9.17) is 21.3 Å². The number of fused-ring (bicyclic) bond motifs is 1. The number of nitrogens with two attached hydrogens (primary N) is 2. The molecular formula is C27H33N11O9S2. The number of anilines is 3. The molecule has 262 valence electrons. The van der Waals surface area contributed by atoms with Gasteiger partial charge in [-0.25, -0.2) is 29.8 Å². The Morgan fingerprint density at radius 2 is 1.63 bits per heavy atom. The van der Waals surface area contributed by atoms with Crippen LogP contribution in [0.15, 0.2) is 30.5 Å². The largest absolute Gasteiger partial charge is 0.480 e. The van der Waals surface area contributed by atoms with Crippen molar-refractivity contribution in [3.05, 3.63) is 41.7 Å². The van der Waals surface area contributed by atoms with Crippen molar-refractivity contribution in [2.24, 2.45) is 0 Å². The van der Waals surface area contributed by atoms with Crippen molar-refractivity contribution < 1.29 is 43.7 Å². The molecule has 2 aromatic heterocycles. The molecule has 49 heavy (non-hydrogen) atoms. The summed E-state index contributed by atoms with van der Waals surface area (Å²) in [5.74, 6) is -3.95. The molecule has 0 fully saturated rings. The first-order valence-corrected chi connectivity index (χ1v) is 16.7. The number of carbonyl (C=O) groups is 6. The second-order valence-electron chi connectivity index (χ2n) is 9.84. The van der Waals surface area contributed by atoms with Crippen LogP contribution in [0.2, 0.25) is 0 Å². The number of ether oxygens (including phenoxy) is 1. The van der Waals surface area contributed by atoms with Crippen molar-refractivity contribution >= 4 is 86.0 Å². The number of aromatic nitrogens is 4. The third kappa shape index (κ3) is 12.8. The lowest BCUT2D eigenvalue weighted by Gasteiger charge is -2.15. The first kappa shape index (κ1) is 37.8. The Hall–Kier alpha value is -5.64. The number of benzene rings is 1. The van der Waals surface area contributed by atoms with Crippen molar-refractivity contribution in [2.45, 2.75) is 38.4 Å². The highest BCUT2D eigenvalue weighted by atomic mass is 33.1. The van der Waals surface area contributed by atoms with Crippen LogP contribution >= 0.6 is 21.6 Å². The molecule has 2 heterocycles. The maximum Gasteiger partial charge on any atom is 0.426 e. The number of hydrogen-bond donors (Lipinski definition) is 9. The van der Waals surface area contributed by atoms with E-state index >= 15 is 0 Å². The number of carboxylic acid groups (broad SMARTS) is 2. The molecule has 0 unspecified atom stereocenters. The van der Waals surface area contributed by atoms with E-state index in [2.05, 4.69) is 41.3 Å². The number of nitrogen functional groups attached to an aromatic ring is 2. The number of nitrogens with one attached hydrogen (secondary N) is 5. The summed E-state index contributed by atoms with van der Waals surface area (Å²) >= 11 is 0. The van der Waals surface area contributed by atoms with Gasteiger partial charge in [0.05, 0.1) is 18.4 Å². The Bertz CT molecular complexity index is 1680. The molecule has 0 radical (unpaired) electrons. The van der Waals surface area contributed by atoms with Crippen molar-refractivity contribution in [1.82, 2.24) is 41.4 Å². The van der Waals surface area contributed by atoms with Gasteiger partial charge < -0.3 is 42.4 Å². The van der Waals surface area contributed by atoms with Gasteiger partial charge in [-0.15, -0.1) is 0 Å².